The molecule has 0 unspecified atom stereocenters. The Labute approximate surface area is 64.4 Å². The van der Waals surface area contributed by atoms with E-state index in [0.717, 1.165) is 0 Å². The van der Waals surface area contributed by atoms with E-state index >= 15 is 0 Å². The van der Waals surface area contributed by atoms with E-state index in [2.05, 4.69) is 0 Å². The van der Waals surface area contributed by atoms with Crippen LogP contribution < -0.4 is 3.07 Å². The van der Waals surface area contributed by atoms with Crippen LogP contribution in [0.25, 0.3) is 0 Å². The molecule has 46 valence electrons. The fraction of sp³-hybridized carbons (Fsp3) is 0. The molecule has 0 N–H and O–H groups in total. The zero-order valence-corrected chi connectivity index (χ0v) is 7.53. The van der Waals surface area contributed by atoms with Crippen LogP contribution in [-0.4, -0.2) is 22.1 Å². The molecule has 0 aliphatic heterocycles. The van der Waals surface area contributed by atoms with Crippen LogP contribution in [0.3, 0.4) is 0 Å². The van der Waals surface area contributed by atoms with Crippen molar-refractivity contribution < 1.29 is 5.94 Å². The summed E-state index contributed by atoms with van der Waals surface area (Å²) in [5, 5.41) is 0. The SMILES string of the molecule is [F][Sn][O]c1ccccc1. The maximum atomic E-state index is 11.6. The summed E-state index contributed by atoms with van der Waals surface area (Å²) in [5.41, 5.74) is 0. The third kappa shape index (κ3) is 2.22. The molecule has 1 nitrogen and oxygen atoms in total. The van der Waals surface area contributed by atoms with E-state index in [0.29, 0.717) is 5.75 Å². The van der Waals surface area contributed by atoms with E-state index in [4.69, 9.17) is 3.07 Å². The van der Waals surface area contributed by atoms with E-state index in [1.54, 1.807) is 12.1 Å². The topological polar surface area (TPSA) is 9.23 Å². The van der Waals surface area contributed by atoms with Crippen molar-refractivity contribution in [1.29, 1.82) is 0 Å². The van der Waals surface area contributed by atoms with Crippen LogP contribution >= 0.6 is 0 Å². The average molecular weight is 231 g/mol. The molecular formula is C6H5FOSn. The van der Waals surface area contributed by atoms with Crippen LogP contribution in [0, 0.1) is 0 Å². The molecule has 0 aliphatic rings. The summed E-state index contributed by atoms with van der Waals surface area (Å²) >= 11 is -2.01. The van der Waals surface area contributed by atoms with Gasteiger partial charge >= 0.3 is 64.2 Å². The first-order chi connectivity index (χ1) is 4.43. The van der Waals surface area contributed by atoms with E-state index in [-0.39, 0.29) is 0 Å². The maximum absolute atomic E-state index is 11.6. The summed E-state index contributed by atoms with van der Waals surface area (Å²) in [6.45, 7) is 0. The van der Waals surface area contributed by atoms with Crippen molar-refractivity contribution in [3.05, 3.63) is 30.3 Å². The van der Waals surface area contributed by atoms with Crippen LogP contribution in [0.4, 0.5) is 2.87 Å². The Hall–Kier alpha value is -0.251. The molecule has 0 saturated heterocycles. The van der Waals surface area contributed by atoms with E-state index in [1.165, 1.54) is 0 Å². The van der Waals surface area contributed by atoms with Crippen molar-refractivity contribution in [3.8, 4) is 5.75 Å². The van der Waals surface area contributed by atoms with Crippen molar-refractivity contribution >= 4 is 22.1 Å². The van der Waals surface area contributed by atoms with Crippen LogP contribution in [0.2, 0.25) is 0 Å². The summed E-state index contributed by atoms with van der Waals surface area (Å²) in [6.07, 6.45) is 0. The van der Waals surface area contributed by atoms with Gasteiger partial charge in [0.1, 0.15) is 0 Å². The Morgan fingerprint density at radius 3 is 2.44 bits per heavy atom. The third-order valence-electron chi connectivity index (χ3n) is 0.900. The Balaban J connectivity index is 2.61. The van der Waals surface area contributed by atoms with Crippen molar-refractivity contribution in [3.63, 3.8) is 0 Å². The fourth-order valence-electron chi connectivity index (χ4n) is 0.533. The van der Waals surface area contributed by atoms with E-state index in [9.17, 15) is 2.87 Å². The van der Waals surface area contributed by atoms with Gasteiger partial charge in [0.25, 0.3) is 0 Å². The van der Waals surface area contributed by atoms with E-state index < -0.39 is 22.1 Å². The molecule has 2 radical (unpaired) electrons. The normalized spacial score (nSPS) is 9.00. The van der Waals surface area contributed by atoms with Crippen molar-refractivity contribution in [2.45, 2.75) is 0 Å². The van der Waals surface area contributed by atoms with Gasteiger partial charge in [-0.2, -0.15) is 0 Å². The molecule has 1 aromatic rings. The van der Waals surface area contributed by atoms with Gasteiger partial charge in [0.15, 0.2) is 0 Å². The Kier molecular flexibility index (Phi) is 2.83. The summed E-state index contributed by atoms with van der Waals surface area (Å²) in [7, 11) is 0. The zero-order chi connectivity index (χ0) is 6.53. The van der Waals surface area contributed by atoms with Crippen LogP contribution in [0.5, 0.6) is 5.75 Å². The molecule has 3 heteroatoms. The predicted octanol–water partition coefficient (Wildman–Crippen LogP) is 1.57. The van der Waals surface area contributed by atoms with Gasteiger partial charge in [-0.25, -0.2) is 0 Å². The molecule has 0 atom stereocenters. The number of benzene rings is 1. The quantitative estimate of drug-likeness (QED) is 0.701. The molecule has 0 fully saturated rings. The molecule has 0 amide bonds. The second-order valence-corrected chi connectivity index (χ2v) is 2.52. The Bertz CT molecular complexity index is 166. The minimum atomic E-state index is -2.01. The first-order valence-corrected chi connectivity index (χ1v) is 4.75. The number of para-hydroxylation sites is 1. The monoisotopic (exact) mass is 232 g/mol. The van der Waals surface area contributed by atoms with Gasteiger partial charge in [-0.1, -0.05) is 0 Å². The van der Waals surface area contributed by atoms with Crippen molar-refractivity contribution in [2.24, 2.45) is 0 Å². The van der Waals surface area contributed by atoms with Gasteiger partial charge in [0.05, 0.1) is 0 Å². The summed E-state index contributed by atoms with van der Waals surface area (Å²) < 4.78 is 16.3. The first kappa shape index (κ1) is 6.86. The zero-order valence-electron chi connectivity index (χ0n) is 4.67. The summed E-state index contributed by atoms with van der Waals surface area (Å²) in [4.78, 5) is 0. The van der Waals surface area contributed by atoms with Crippen molar-refractivity contribution in [2.75, 3.05) is 0 Å². The van der Waals surface area contributed by atoms with E-state index in [1.807, 2.05) is 18.2 Å². The van der Waals surface area contributed by atoms with Gasteiger partial charge in [0, 0.05) is 0 Å². The molecule has 0 aliphatic carbocycles. The van der Waals surface area contributed by atoms with Crippen LogP contribution in [0.15, 0.2) is 30.3 Å². The van der Waals surface area contributed by atoms with Crippen LogP contribution in [0.1, 0.15) is 0 Å². The number of halogens is 1. The molecule has 0 bridgehead atoms. The number of hydrogen-bond acceptors (Lipinski definition) is 1. The van der Waals surface area contributed by atoms with Gasteiger partial charge in [0.2, 0.25) is 0 Å². The molecule has 0 aromatic heterocycles. The number of rotatable bonds is 2. The standard InChI is InChI=1S/C6H6O.FH.Sn/c7-6-4-2-1-3-5-6;;/h1-5,7H;1H;/q;;+2/p-2. The van der Waals surface area contributed by atoms with Gasteiger partial charge < -0.3 is 0 Å². The average Bonchev–Trinajstić information content (AvgIpc) is 1.91. The summed E-state index contributed by atoms with van der Waals surface area (Å²) in [6, 6.07) is 9.02. The molecule has 0 heterocycles. The van der Waals surface area contributed by atoms with Gasteiger partial charge in [-0.3, -0.25) is 0 Å². The molecular weight excluding hydrogens is 226 g/mol. The fourth-order valence-corrected chi connectivity index (χ4v) is 1.18. The second-order valence-electron chi connectivity index (χ2n) is 1.49. The minimum absolute atomic E-state index is 0.645. The number of hydrogen-bond donors (Lipinski definition) is 0. The van der Waals surface area contributed by atoms with Crippen LogP contribution in [-0.2, 0) is 0 Å². The molecule has 0 saturated carbocycles. The molecule has 0 spiro atoms. The molecule has 1 aromatic carbocycles. The molecule has 1 rings (SSSR count). The van der Waals surface area contributed by atoms with Gasteiger partial charge in [-0.15, -0.1) is 0 Å². The third-order valence-corrected chi connectivity index (χ3v) is 1.79. The van der Waals surface area contributed by atoms with Crippen molar-refractivity contribution in [1.82, 2.24) is 0 Å². The Morgan fingerprint density at radius 2 is 1.89 bits per heavy atom. The predicted molar refractivity (Wildman–Crippen MR) is 33.9 cm³/mol. The summed E-state index contributed by atoms with van der Waals surface area (Å²) in [5.74, 6) is 0.645. The second kappa shape index (κ2) is 3.71. The Morgan fingerprint density at radius 1 is 1.22 bits per heavy atom. The first-order valence-electron chi connectivity index (χ1n) is 2.51. The van der Waals surface area contributed by atoms with Gasteiger partial charge in [-0.05, 0) is 0 Å². The molecule has 9 heavy (non-hydrogen) atoms.